The summed E-state index contributed by atoms with van der Waals surface area (Å²) in [4.78, 5) is 32.7. The van der Waals surface area contributed by atoms with Crippen LogP contribution in [0.15, 0.2) is 36.7 Å². The molecule has 1 aliphatic heterocycles. The third kappa shape index (κ3) is 5.19. The highest BCUT2D eigenvalue weighted by Gasteiger charge is 2.44. The number of ether oxygens (including phenoxy) is 2. The first-order chi connectivity index (χ1) is 16.6. The smallest absolute Gasteiger partial charge is 0.350 e. The van der Waals surface area contributed by atoms with Crippen molar-refractivity contribution in [3.8, 4) is 6.07 Å². The van der Waals surface area contributed by atoms with E-state index < -0.39 is 38.5 Å². The summed E-state index contributed by atoms with van der Waals surface area (Å²) < 4.78 is 23.1. The molecule has 1 fully saturated rings. The predicted octanol–water partition coefficient (Wildman–Crippen LogP) is 0.666. The van der Waals surface area contributed by atoms with Gasteiger partial charge < -0.3 is 34.4 Å². The summed E-state index contributed by atoms with van der Waals surface area (Å²) in [5.74, 6) is 0.284. The summed E-state index contributed by atoms with van der Waals surface area (Å²) in [5, 5.41) is 30.5. The number of benzene rings is 1. The molecule has 1 aliphatic rings. The molecule has 0 radical (unpaired) electrons. The van der Waals surface area contributed by atoms with Crippen LogP contribution in [0.1, 0.15) is 30.6 Å². The molecule has 186 valence electrons. The van der Waals surface area contributed by atoms with Crippen molar-refractivity contribution in [2.45, 2.75) is 37.5 Å². The fourth-order valence-electron chi connectivity index (χ4n) is 3.91. The Hall–Kier alpha value is -2.95. The van der Waals surface area contributed by atoms with Crippen LogP contribution in [-0.4, -0.2) is 77.8 Å². The zero-order valence-electron chi connectivity index (χ0n) is 18.9. The van der Waals surface area contributed by atoms with Gasteiger partial charge >= 0.3 is 7.60 Å². The van der Waals surface area contributed by atoms with Crippen LogP contribution in [0.5, 0.6) is 0 Å². The highest BCUT2D eigenvalue weighted by atomic mass is 31.2. The molecule has 4 N–H and O–H groups in total. The number of imidazole rings is 1. The molecule has 5 atom stereocenters. The molecule has 3 heterocycles. The monoisotopic (exact) mass is 504 g/mol. The quantitative estimate of drug-likeness (QED) is 0.314. The number of aliphatic hydroxyl groups is 2. The van der Waals surface area contributed by atoms with Crippen LogP contribution in [0.3, 0.4) is 0 Å². The van der Waals surface area contributed by atoms with Crippen LogP contribution in [0.25, 0.3) is 11.2 Å². The van der Waals surface area contributed by atoms with Crippen LogP contribution in [0.4, 0.5) is 5.82 Å². The lowest BCUT2D eigenvalue weighted by Gasteiger charge is -2.26. The molecule has 0 aliphatic carbocycles. The van der Waals surface area contributed by atoms with E-state index in [1.807, 2.05) is 55.3 Å². The maximum Gasteiger partial charge on any atom is 0.350 e. The predicted molar refractivity (Wildman–Crippen MR) is 122 cm³/mol. The molecule has 0 saturated carbocycles. The summed E-state index contributed by atoms with van der Waals surface area (Å²) in [6.07, 6.45) is -4.48. The first kappa shape index (κ1) is 25.2. The Balaban J connectivity index is 1.65. The number of rotatable bonds is 8. The molecule has 1 aromatic carbocycles. The lowest BCUT2D eigenvalue weighted by Crippen LogP contribution is -2.34. The molecule has 3 aromatic rings. The van der Waals surface area contributed by atoms with Gasteiger partial charge in [-0.15, -0.1) is 0 Å². The molecule has 0 unspecified atom stereocenters. The topological polar surface area (TPSA) is 187 Å². The first-order valence-corrected chi connectivity index (χ1v) is 12.5. The summed E-state index contributed by atoms with van der Waals surface area (Å²) in [6, 6.07) is 11.5. The second-order valence-corrected chi connectivity index (χ2v) is 9.80. The molecule has 0 bridgehead atoms. The Kier molecular flexibility index (Phi) is 7.16. The van der Waals surface area contributed by atoms with E-state index in [0.717, 1.165) is 5.56 Å². The minimum Gasteiger partial charge on any atom is -0.387 e. The average molecular weight is 504 g/mol. The Morgan fingerprint density at radius 3 is 2.63 bits per heavy atom. The van der Waals surface area contributed by atoms with E-state index in [-0.39, 0.29) is 24.1 Å². The van der Waals surface area contributed by atoms with Crippen molar-refractivity contribution in [2.24, 2.45) is 0 Å². The van der Waals surface area contributed by atoms with Crippen molar-refractivity contribution in [3.05, 3.63) is 48.0 Å². The van der Waals surface area contributed by atoms with Crippen LogP contribution >= 0.6 is 7.60 Å². The number of nitrogens with zero attached hydrogens (tertiary/aromatic N) is 6. The highest BCUT2D eigenvalue weighted by Crippen LogP contribution is 2.36. The maximum atomic E-state index is 11.0. The van der Waals surface area contributed by atoms with E-state index in [4.69, 9.17) is 19.3 Å². The molecule has 35 heavy (non-hydrogen) atoms. The number of aromatic nitrogens is 4. The van der Waals surface area contributed by atoms with E-state index in [0.29, 0.717) is 11.3 Å². The van der Waals surface area contributed by atoms with Crippen molar-refractivity contribution < 1.29 is 34.0 Å². The third-order valence-corrected chi connectivity index (χ3v) is 6.37. The minimum absolute atomic E-state index is 0.114. The van der Waals surface area contributed by atoms with Crippen molar-refractivity contribution in [1.29, 1.82) is 5.26 Å². The van der Waals surface area contributed by atoms with Gasteiger partial charge in [0, 0.05) is 7.05 Å². The zero-order valence-corrected chi connectivity index (χ0v) is 19.8. The third-order valence-electron chi connectivity index (χ3n) is 5.85. The van der Waals surface area contributed by atoms with Crippen molar-refractivity contribution in [1.82, 2.24) is 19.5 Å². The van der Waals surface area contributed by atoms with Gasteiger partial charge in [0.2, 0.25) is 5.82 Å². The van der Waals surface area contributed by atoms with Gasteiger partial charge in [-0.2, -0.15) is 15.2 Å². The van der Waals surface area contributed by atoms with Crippen LogP contribution in [0.2, 0.25) is 0 Å². The summed E-state index contributed by atoms with van der Waals surface area (Å²) >= 11 is 0. The standard InChI is InChI=1S/C21H25N6O7P/c1-12(13-6-4-3-5-7-13)26(2)19-16-20(25-15(8-22)24-19)27(10-23-16)21-18(29)17(28)14(34-21)9-33-11-35(30,31)32/h3-7,10,12,14,17-18,21,28-29H,9,11H2,1-2H3,(H2,30,31,32)/t12-,14-,17-,18-,21-/m1/s1. The molecular weight excluding hydrogens is 479 g/mol. The van der Waals surface area contributed by atoms with Gasteiger partial charge in [-0.05, 0) is 12.5 Å². The second kappa shape index (κ2) is 9.96. The molecule has 13 nitrogen and oxygen atoms in total. The van der Waals surface area contributed by atoms with E-state index in [2.05, 4.69) is 15.0 Å². The maximum absolute atomic E-state index is 11.0. The van der Waals surface area contributed by atoms with E-state index in [1.165, 1.54) is 10.9 Å². The summed E-state index contributed by atoms with van der Waals surface area (Å²) in [7, 11) is -2.58. The van der Waals surface area contributed by atoms with Gasteiger partial charge in [-0.3, -0.25) is 9.13 Å². The lowest BCUT2D eigenvalue weighted by atomic mass is 10.1. The first-order valence-electron chi connectivity index (χ1n) is 10.7. The van der Waals surface area contributed by atoms with Crippen molar-refractivity contribution in [2.75, 3.05) is 24.9 Å². The van der Waals surface area contributed by atoms with Crippen molar-refractivity contribution in [3.63, 3.8) is 0 Å². The van der Waals surface area contributed by atoms with Gasteiger partial charge in [0.25, 0.3) is 0 Å². The molecule has 1 saturated heterocycles. The van der Waals surface area contributed by atoms with E-state index in [1.54, 1.807) is 0 Å². The number of hydrogen-bond acceptors (Lipinski definition) is 10. The Morgan fingerprint density at radius 2 is 1.97 bits per heavy atom. The number of anilines is 1. The SMILES string of the molecule is C[C@H](c1ccccc1)N(C)c1nc(C#N)nc2c1ncn2[C@@H]1O[C@H](COCP(=O)(O)O)[C@@H](O)[C@H]1O. The largest absolute Gasteiger partial charge is 0.387 e. The van der Waals surface area contributed by atoms with Gasteiger partial charge in [0.15, 0.2) is 23.2 Å². The highest BCUT2D eigenvalue weighted by molar-refractivity contribution is 7.51. The van der Waals surface area contributed by atoms with Gasteiger partial charge in [0.1, 0.15) is 30.7 Å². The normalized spacial score (nSPS) is 23.3. The molecular formula is C21H25N6O7P. The van der Waals surface area contributed by atoms with E-state index >= 15 is 0 Å². The van der Waals surface area contributed by atoms with E-state index in [9.17, 15) is 20.0 Å². The number of nitriles is 1. The van der Waals surface area contributed by atoms with Gasteiger partial charge in [-0.1, -0.05) is 30.3 Å². The Morgan fingerprint density at radius 1 is 1.26 bits per heavy atom. The van der Waals surface area contributed by atoms with Crippen LogP contribution < -0.4 is 4.90 Å². The molecule has 0 spiro atoms. The van der Waals surface area contributed by atoms with Crippen LogP contribution in [0, 0.1) is 11.3 Å². The second-order valence-electron chi connectivity index (χ2n) is 8.22. The molecule has 14 heteroatoms. The Labute approximate surface area is 200 Å². The Bertz CT molecular complexity index is 1280. The number of hydrogen-bond donors (Lipinski definition) is 4. The summed E-state index contributed by atoms with van der Waals surface area (Å²) in [6.45, 7) is 1.63. The fraction of sp³-hybridized carbons (Fsp3) is 0.429. The lowest BCUT2D eigenvalue weighted by molar-refractivity contribution is -0.0612. The number of aliphatic hydroxyl groups excluding tert-OH is 2. The fourth-order valence-corrected chi connectivity index (χ4v) is 4.25. The van der Waals surface area contributed by atoms with Gasteiger partial charge in [0.05, 0.1) is 19.0 Å². The summed E-state index contributed by atoms with van der Waals surface area (Å²) in [5.41, 5.74) is 1.60. The molecule has 2 aromatic heterocycles. The number of fused-ring (bicyclic) bond motifs is 1. The molecule has 0 amide bonds. The van der Waals surface area contributed by atoms with Crippen LogP contribution in [-0.2, 0) is 14.0 Å². The minimum atomic E-state index is -4.40. The average Bonchev–Trinajstić information content (AvgIpc) is 3.38. The molecule has 4 rings (SSSR count). The van der Waals surface area contributed by atoms with Gasteiger partial charge in [-0.25, -0.2) is 4.98 Å². The van der Waals surface area contributed by atoms with Crippen molar-refractivity contribution >= 4 is 24.6 Å². The zero-order chi connectivity index (χ0) is 25.3.